The number of nitrogens with one attached hydrogen (secondary N) is 1. The molecule has 1 aromatic heterocycles. The van der Waals surface area contributed by atoms with Crippen LogP contribution in [0, 0.1) is 18.2 Å². The Bertz CT molecular complexity index is 622. The minimum Gasteiger partial charge on any atom is -0.384 e. The number of anilines is 2. The molecule has 0 spiro atoms. The molecule has 2 rings (SSSR count). The minimum absolute atomic E-state index is 0.0342. The molecular weight excluding hydrogens is 255 g/mol. The van der Waals surface area contributed by atoms with Crippen LogP contribution in [0.5, 0.6) is 0 Å². The minimum atomic E-state index is -0.284. The van der Waals surface area contributed by atoms with Gasteiger partial charge in [-0.15, -0.1) is 0 Å². The van der Waals surface area contributed by atoms with Crippen LogP contribution in [0.4, 0.5) is 15.9 Å². The summed E-state index contributed by atoms with van der Waals surface area (Å²) in [6, 6.07) is 9.78. The second-order valence-electron chi connectivity index (χ2n) is 4.46. The summed E-state index contributed by atoms with van der Waals surface area (Å²) in [7, 11) is 0. The van der Waals surface area contributed by atoms with Crippen molar-refractivity contribution in [2.45, 2.75) is 13.8 Å². The van der Waals surface area contributed by atoms with E-state index in [4.69, 9.17) is 11.1 Å². The van der Waals surface area contributed by atoms with Gasteiger partial charge in [-0.1, -0.05) is 0 Å². The summed E-state index contributed by atoms with van der Waals surface area (Å²) in [6.45, 7) is 4.49. The number of nitrogen functional groups attached to an aromatic ring is 1. The number of halogens is 1. The van der Waals surface area contributed by atoms with Gasteiger partial charge in [0.2, 0.25) is 0 Å². The van der Waals surface area contributed by atoms with Gasteiger partial charge >= 0.3 is 0 Å². The highest BCUT2D eigenvalue weighted by atomic mass is 19.1. The number of hydrogen-bond acceptors (Lipinski definition) is 3. The van der Waals surface area contributed by atoms with Gasteiger partial charge in [-0.3, -0.25) is 5.41 Å². The second-order valence-corrected chi connectivity index (χ2v) is 4.46. The van der Waals surface area contributed by atoms with Gasteiger partial charge in [0.1, 0.15) is 17.5 Å². The first-order valence-corrected chi connectivity index (χ1v) is 6.38. The van der Waals surface area contributed by atoms with Crippen LogP contribution < -0.4 is 10.6 Å². The Hall–Kier alpha value is -2.43. The van der Waals surface area contributed by atoms with Crippen molar-refractivity contribution in [1.29, 1.82) is 5.41 Å². The fourth-order valence-corrected chi connectivity index (χ4v) is 2.03. The number of hydrogen-bond donors (Lipinski definition) is 2. The van der Waals surface area contributed by atoms with E-state index in [2.05, 4.69) is 4.98 Å². The van der Waals surface area contributed by atoms with Gasteiger partial charge in [-0.05, 0) is 50.2 Å². The van der Waals surface area contributed by atoms with Crippen LogP contribution in [0.2, 0.25) is 0 Å². The zero-order valence-electron chi connectivity index (χ0n) is 11.5. The van der Waals surface area contributed by atoms with Crippen LogP contribution in [0.25, 0.3) is 0 Å². The Balaban J connectivity index is 2.53. The van der Waals surface area contributed by atoms with Crippen LogP contribution >= 0.6 is 0 Å². The maximum absolute atomic E-state index is 13.0. The van der Waals surface area contributed by atoms with Crippen molar-refractivity contribution < 1.29 is 4.39 Å². The summed E-state index contributed by atoms with van der Waals surface area (Å²) < 4.78 is 13.0. The third-order valence-electron chi connectivity index (χ3n) is 3.01. The zero-order valence-corrected chi connectivity index (χ0v) is 11.5. The molecule has 5 heteroatoms. The number of aromatic nitrogens is 1. The van der Waals surface area contributed by atoms with Gasteiger partial charge in [0.05, 0.1) is 5.56 Å². The Morgan fingerprint density at radius 3 is 2.45 bits per heavy atom. The first-order valence-electron chi connectivity index (χ1n) is 6.38. The average Bonchev–Trinajstić information content (AvgIpc) is 2.41. The fourth-order valence-electron chi connectivity index (χ4n) is 2.03. The van der Waals surface area contributed by atoms with Crippen LogP contribution in [-0.4, -0.2) is 17.4 Å². The molecule has 0 amide bonds. The maximum atomic E-state index is 13.0. The van der Waals surface area contributed by atoms with Gasteiger partial charge in [-0.2, -0.15) is 0 Å². The van der Waals surface area contributed by atoms with Gasteiger partial charge < -0.3 is 10.6 Å². The number of benzene rings is 1. The Morgan fingerprint density at radius 1 is 1.25 bits per heavy atom. The lowest BCUT2D eigenvalue weighted by atomic mass is 10.2. The van der Waals surface area contributed by atoms with Crippen LogP contribution in [-0.2, 0) is 0 Å². The first-order chi connectivity index (χ1) is 9.52. The summed E-state index contributed by atoms with van der Waals surface area (Å²) >= 11 is 0. The third kappa shape index (κ3) is 2.77. The SMILES string of the molecule is CCN(c1ccc(F)cc1)c1nc(C)ccc1C(=N)N. The van der Waals surface area contributed by atoms with Crippen LogP contribution in [0.3, 0.4) is 0 Å². The molecule has 0 radical (unpaired) electrons. The Labute approximate surface area is 117 Å². The molecule has 0 saturated heterocycles. The Kier molecular flexibility index (Phi) is 3.98. The van der Waals surface area contributed by atoms with E-state index in [1.54, 1.807) is 18.2 Å². The van der Waals surface area contributed by atoms with Crippen molar-refractivity contribution in [3.63, 3.8) is 0 Å². The molecule has 0 aliphatic rings. The van der Waals surface area contributed by atoms with E-state index in [1.807, 2.05) is 24.8 Å². The lowest BCUT2D eigenvalue weighted by Crippen LogP contribution is -2.23. The summed E-state index contributed by atoms with van der Waals surface area (Å²) in [5.74, 6) is 0.300. The van der Waals surface area contributed by atoms with E-state index >= 15 is 0 Å². The number of rotatable bonds is 4. The molecule has 3 N–H and O–H groups in total. The van der Waals surface area contributed by atoms with Gasteiger partial charge in [0.25, 0.3) is 0 Å². The number of amidine groups is 1. The number of nitrogens with zero attached hydrogens (tertiary/aromatic N) is 2. The van der Waals surface area contributed by atoms with Crippen molar-refractivity contribution in [1.82, 2.24) is 4.98 Å². The second kappa shape index (κ2) is 5.69. The number of nitrogens with two attached hydrogens (primary N) is 1. The van der Waals surface area contributed by atoms with Gasteiger partial charge in [0, 0.05) is 17.9 Å². The summed E-state index contributed by atoms with van der Waals surface area (Å²) in [6.07, 6.45) is 0. The number of pyridine rings is 1. The highest BCUT2D eigenvalue weighted by molar-refractivity contribution is 6.00. The average molecular weight is 272 g/mol. The summed E-state index contributed by atoms with van der Waals surface area (Å²) in [4.78, 5) is 6.38. The molecule has 0 atom stereocenters. The fraction of sp³-hybridized carbons (Fsp3) is 0.200. The van der Waals surface area contributed by atoms with Crippen molar-refractivity contribution in [2.24, 2.45) is 5.73 Å². The monoisotopic (exact) mass is 272 g/mol. The molecule has 1 heterocycles. The molecule has 0 fully saturated rings. The van der Waals surface area contributed by atoms with Crippen molar-refractivity contribution in [3.8, 4) is 0 Å². The highest BCUT2D eigenvalue weighted by Crippen LogP contribution is 2.27. The van der Waals surface area contributed by atoms with E-state index < -0.39 is 0 Å². The van der Waals surface area contributed by atoms with Crippen LogP contribution in [0.1, 0.15) is 18.2 Å². The quantitative estimate of drug-likeness (QED) is 0.664. The van der Waals surface area contributed by atoms with Crippen molar-refractivity contribution in [2.75, 3.05) is 11.4 Å². The van der Waals surface area contributed by atoms with E-state index in [9.17, 15) is 4.39 Å². The molecular formula is C15H17FN4. The molecule has 0 unspecified atom stereocenters. The molecule has 2 aromatic rings. The number of aryl methyl sites for hydroxylation is 1. The standard InChI is InChI=1S/C15H17FN4/c1-3-20(12-7-5-11(16)6-8-12)15-13(14(17)18)9-4-10(2)19-15/h4-9H,3H2,1-2H3,(H3,17,18). The first kappa shape index (κ1) is 14.0. The molecule has 0 saturated carbocycles. The van der Waals surface area contributed by atoms with E-state index in [0.29, 0.717) is 17.9 Å². The predicted octanol–water partition coefficient (Wildman–Crippen LogP) is 2.97. The summed E-state index contributed by atoms with van der Waals surface area (Å²) in [5, 5.41) is 7.66. The third-order valence-corrected chi connectivity index (χ3v) is 3.01. The smallest absolute Gasteiger partial charge is 0.144 e. The maximum Gasteiger partial charge on any atom is 0.144 e. The molecule has 0 bridgehead atoms. The lowest BCUT2D eigenvalue weighted by Gasteiger charge is -2.24. The normalized spacial score (nSPS) is 10.3. The highest BCUT2D eigenvalue weighted by Gasteiger charge is 2.15. The molecule has 0 aliphatic carbocycles. The van der Waals surface area contributed by atoms with Gasteiger partial charge in [0.15, 0.2) is 0 Å². The predicted molar refractivity (Wildman–Crippen MR) is 79.1 cm³/mol. The Morgan fingerprint density at radius 2 is 1.90 bits per heavy atom. The van der Waals surface area contributed by atoms with E-state index in [0.717, 1.165) is 11.4 Å². The summed E-state index contributed by atoms with van der Waals surface area (Å²) in [5.41, 5.74) is 7.84. The topological polar surface area (TPSA) is 66.0 Å². The van der Waals surface area contributed by atoms with E-state index in [1.165, 1.54) is 12.1 Å². The van der Waals surface area contributed by atoms with Crippen LogP contribution in [0.15, 0.2) is 36.4 Å². The van der Waals surface area contributed by atoms with E-state index in [-0.39, 0.29) is 11.7 Å². The molecule has 1 aromatic carbocycles. The molecule has 0 aliphatic heterocycles. The zero-order chi connectivity index (χ0) is 14.7. The van der Waals surface area contributed by atoms with Gasteiger partial charge in [-0.25, -0.2) is 9.37 Å². The lowest BCUT2D eigenvalue weighted by molar-refractivity contribution is 0.627. The largest absolute Gasteiger partial charge is 0.384 e. The van der Waals surface area contributed by atoms with Crippen molar-refractivity contribution >= 4 is 17.3 Å². The van der Waals surface area contributed by atoms with Crippen molar-refractivity contribution in [3.05, 3.63) is 53.5 Å². The molecule has 4 nitrogen and oxygen atoms in total. The molecule has 104 valence electrons. The molecule has 20 heavy (non-hydrogen) atoms.